The Morgan fingerprint density at radius 2 is 1.73 bits per heavy atom. The van der Waals surface area contributed by atoms with Crippen molar-refractivity contribution in [3.05, 3.63) is 29.8 Å². The van der Waals surface area contributed by atoms with Crippen LogP contribution in [0.4, 0.5) is 17.6 Å². The summed E-state index contributed by atoms with van der Waals surface area (Å²) in [5, 5.41) is 0. The minimum atomic E-state index is -4.72. The maximum absolute atomic E-state index is 12.1. The predicted octanol–water partition coefficient (Wildman–Crippen LogP) is 2.55. The van der Waals surface area contributed by atoms with E-state index in [1.54, 1.807) is 0 Å². The van der Waals surface area contributed by atoms with Gasteiger partial charge in [-0.05, 0) is 17.7 Å². The number of hydrogen-bond acceptors (Lipinski definition) is 2. The fourth-order valence-electron chi connectivity index (χ4n) is 1.01. The van der Waals surface area contributed by atoms with E-state index in [1.165, 1.54) is 12.1 Å². The first kappa shape index (κ1) is 11.8. The van der Waals surface area contributed by atoms with E-state index >= 15 is 0 Å². The summed E-state index contributed by atoms with van der Waals surface area (Å²) in [6.45, 7) is -0.764. The number of halogens is 4. The quantitative estimate of drug-likeness (QED) is 0.799. The summed E-state index contributed by atoms with van der Waals surface area (Å²) < 4.78 is 51.0. The Hall–Kier alpha value is -1.30. The molecule has 0 bridgehead atoms. The fraction of sp³-hybridized carbons (Fsp3) is 0.333. The van der Waals surface area contributed by atoms with E-state index in [9.17, 15) is 17.6 Å². The lowest BCUT2D eigenvalue weighted by Crippen LogP contribution is -2.17. The van der Waals surface area contributed by atoms with E-state index in [2.05, 4.69) is 4.74 Å². The molecular weight excluding hydrogens is 214 g/mol. The average Bonchev–Trinajstić information content (AvgIpc) is 2.15. The molecule has 0 aliphatic rings. The van der Waals surface area contributed by atoms with Gasteiger partial charge in [-0.3, -0.25) is 0 Å². The average molecular weight is 223 g/mol. The highest BCUT2D eigenvalue weighted by Gasteiger charge is 2.30. The standard InChI is InChI=1S/C9H9F4NO/c10-5-8(14)6-1-3-7(4-2-6)15-9(11,12)13/h1-4,8H,5,14H2/t8-/m0/s1. The molecule has 1 atom stereocenters. The molecule has 0 heterocycles. The van der Waals surface area contributed by atoms with Crippen LogP contribution in [0.2, 0.25) is 0 Å². The molecule has 0 amide bonds. The summed E-state index contributed by atoms with van der Waals surface area (Å²) in [7, 11) is 0. The Bertz CT molecular complexity index is 309. The van der Waals surface area contributed by atoms with Crippen LogP contribution in [0.15, 0.2) is 24.3 Å². The largest absolute Gasteiger partial charge is 0.573 e. The van der Waals surface area contributed by atoms with Crippen LogP contribution in [-0.4, -0.2) is 13.0 Å². The minimum Gasteiger partial charge on any atom is -0.406 e. The molecule has 2 nitrogen and oxygen atoms in total. The monoisotopic (exact) mass is 223 g/mol. The number of benzene rings is 1. The second-order valence-corrected chi connectivity index (χ2v) is 2.88. The van der Waals surface area contributed by atoms with Crippen LogP contribution in [0.3, 0.4) is 0 Å². The zero-order valence-electron chi connectivity index (χ0n) is 7.59. The van der Waals surface area contributed by atoms with Crippen molar-refractivity contribution in [2.45, 2.75) is 12.4 Å². The summed E-state index contributed by atoms with van der Waals surface area (Å²) in [4.78, 5) is 0. The smallest absolute Gasteiger partial charge is 0.406 e. The SMILES string of the molecule is N[C@@H](CF)c1ccc(OC(F)(F)F)cc1. The van der Waals surface area contributed by atoms with Crippen LogP contribution in [0.5, 0.6) is 5.75 Å². The lowest BCUT2D eigenvalue weighted by molar-refractivity contribution is -0.274. The fourth-order valence-corrected chi connectivity index (χ4v) is 1.01. The predicted molar refractivity (Wildman–Crippen MR) is 46.0 cm³/mol. The molecule has 1 aromatic carbocycles. The second-order valence-electron chi connectivity index (χ2n) is 2.88. The first-order valence-electron chi connectivity index (χ1n) is 4.09. The van der Waals surface area contributed by atoms with Crippen LogP contribution in [0, 0.1) is 0 Å². The van der Waals surface area contributed by atoms with Crippen LogP contribution in [-0.2, 0) is 0 Å². The normalized spacial score (nSPS) is 13.7. The Morgan fingerprint density at radius 3 is 2.13 bits per heavy atom. The lowest BCUT2D eigenvalue weighted by atomic mass is 10.1. The zero-order valence-corrected chi connectivity index (χ0v) is 7.59. The molecule has 15 heavy (non-hydrogen) atoms. The van der Waals surface area contributed by atoms with Crippen LogP contribution >= 0.6 is 0 Å². The maximum atomic E-state index is 12.1. The summed E-state index contributed by atoms with van der Waals surface area (Å²) in [6.07, 6.45) is -4.72. The first-order valence-corrected chi connectivity index (χ1v) is 4.09. The van der Waals surface area contributed by atoms with Gasteiger partial charge in [-0.1, -0.05) is 12.1 Å². The second kappa shape index (κ2) is 4.48. The topological polar surface area (TPSA) is 35.2 Å². The molecule has 0 aliphatic carbocycles. The first-order chi connectivity index (χ1) is 6.92. The van der Waals surface area contributed by atoms with Gasteiger partial charge in [-0.2, -0.15) is 0 Å². The van der Waals surface area contributed by atoms with E-state index in [0.29, 0.717) is 5.56 Å². The van der Waals surface area contributed by atoms with Gasteiger partial charge in [0, 0.05) is 0 Å². The summed E-state index contributed by atoms with van der Waals surface area (Å²) in [5.74, 6) is -0.350. The highest BCUT2D eigenvalue weighted by molar-refractivity contribution is 5.29. The van der Waals surface area contributed by atoms with Gasteiger partial charge in [0.1, 0.15) is 12.4 Å². The van der Waals surface area contributed by atoms with Crippen molar-refractivity contribution in [2.75, 3.05) is 6.67 Å². The third-order valence-electron chi connectivity index (χ3n) is 1.71. The number of hydrogen-bond donors (Lipinski definition) is 1. The molecule has 0 aromatic heterocycles. The number of nitrogens with two attached hydrogens (primary N) is 1. The van der Waals surface area contributed by atoms with Crippen molar-refractivity contribution in [2.24, 2.45) is 5.73 Å². The molecule has 0 fully saturated rings. The van der Waals surface area contributed by atoms with Crippen molar-refractivity contribution in [3.63, 3.8) is 0 Å². The number of alkyl halides is 4. The van der Waals surface area contributed by atoms with Gasteiger partial charge in [0.25, 0.3) is 0 Å². The molecule has 84 valence electrons. The molecule has 0 unspecified atom stereocenters. The highest BCUT2D eigenvalue weighted by Crippen LogP contribution is 2.23. The van der Waals surface area contributed by atoms with Crippen molar-refractivity contribution in [1.29, 1.82) is 0 Å². The summed E-state index contributed by atoms with van der Waals surface area (Å²) in [5.41, 5.74) is 5.76. The molecule has 2 N–H and O–H groups in total. The molecule has 1 rings (SSSR count). The van der Waals surface area contributed by atoms with E-state index in [-0.39, 0.29) is 5.75 Å². The lowest BCUT2D eigenvalue weighted by Gasteiger charge is -2.10. The summed E-state index contributed by atoms with van der Waals surface area (Å²) >= 11 is 0. The highest BCUT2D eigenvalue weighted by atomic mass is 19.4. The molecule has 0 saturated heterocycles. The van der Waals surface area contributed by atoms with Crippen molar-refractivity contribution >= 4 is 0 Å². The van der Waals surface area contributed by atoms with E-state index in [1.807, 2.05) is 0 Å². The van der Waals surface area contributed by atoms with Crippen molar-refractivity contribution in [1.82, 2.24) is 0 Å². The van der Waals surface area contributed by atoms with Crippen LogP contribution in [0.25, 0.3) is 0 Å². The Morgan fingerprint density at radius 1 is 1.20 bits per heavy atom. The van der Waals surface area contributed by atoms with Gasteiger partial charge >= 0.3 is 6.36 Å². The third kappa shape index (κ3) is 3.75. The zero-order chi connectivity index (χ0) is 11.5. The van der Waals surface area contributed by atoms with Crippen molar-refractivity contribution < 1.29 is 22.3 Å². The maximum Gasteiger partial charge on any atom is 0.573 e. The Labute approximate surface area is 83.6 Å². The Balaban J connectivity index is 2.72. The van der Waals surface area contributed by atoms with Gasteiger partial charge < -0.3 is 10.5 Å². The molecular formula is C9H9F4NO. The third-order valence-corrected chi connectivity index (χ3v) is 1.71. The molecule has 0 saturated carbocycles. The van der Waals surface area contributed by atoms with Gasteiger partial charge in [-0.15, -0.1) is 13.2 Å². The molecule has 0 radical (unpaired) electrons. The van der Waals surface area contributed by atoms with Gasteiger partial charge in [0.05, 0.1) is 6.04 Å². The van der Waals surface area contributed by atoms with Gasteiger partial charge in [0.15, 0.2) is 0 Å². The van der Waals surface area contributed by atoms with Gasteiger partial charge in [0.2, 0.25) is 0 Å². The van der Waals surface area contributed by atoms with Crippen LogP contribution in [0.1, 0.15) is 11.6 Å². The van der Waals surface area contributed by atoms with Gasteiger partial charge in [-0.25, -0.2) is 4.39 Å². The number of rotatable bonds is 3. The molecule has 0 aliphatic heterocycles. The Kier molecular flexibility index (Phi) is 3.52. The molecule has 0 spiro atoms. The van der Waals surface area contributed by atoms with Crippen molar-refractivity contribution in [3.8, 4) is 5.75 Å². The minimum absolute atomic E-state index is 0.350. The van der Waals surface area contributed by atoms with Crippen LogP contribution < -0.4 is 10.5 Å². The number of ether oxygens (including phenoxy) is 1. The van der Waals surface area contributed by atoms with E-state index in [4.69, 9.17) is 5.73 Å². The molecule has 1 aromatic rings. The molecule has 6 heteroatoms. The van der Waals surface area contributed by atoms with E-state index in [0.717, 1.165) is 12.1 Å². The van der Waals surface area contributed by atoms with E-state index < -0.39 is 19.1 Å². The summed E-state index contributed by atoms with van der Waals surface area (Å²) in [6, 6.07) is 3.97.